The number of carbonyl (C=O) groups is 2. The zero-order valence-electron chi connectivity index (χ0n) is 15.9. The molecule has 2 unspecified atom stereocenters. The van der Waals surface area contributed by atoms with Crippen LogP contribution in [0.3, 0.4) is 0 Å². The highest BCUT2D eigenvalue weighted by Crippen LogP contribution is 2.31. The number of esters is 1. The topological polar surface area (TPSA) is 72.6 Å². The third-order valence-corrected chi connectivity index (χ3v) is 5.63. The summed E-state index contributed by atoms with van der Waals surface area (Å²) >= 11 is 0. The van der Waals surface area contributed by atoms with Gasteiger partial charge in [0.1, 0.15) is 5.54 Å². The maximum atomic E-state index is 13.3. The Balaban J connectivity index is 1.72. The summed E-state index contributed by atoms with van der Waals surface area (Å²) in [5.41, 5.74) is 7.23. The number of carbonyl (C=O) groups excluding carboxylic acids is 2. The molecule has 1 aliphatic carbocycles. The highest BCUT2D eigenvalue weighted by molar-refractivity contribution is 5.92. The van der Waals surface area contributed by atoms with E-state index in [0.29, 0.717) is 18.4 Å². The van der Waals surface area contributed by atoms with Crippen molar-refractivity contribution in [2.24, 2.45) is 5.73 Å². The Labute approximate surface area is 160 Å². The van der Waals surface area contributed by atoms with Crippen LogP contribution in [0, 0.1) is 0 Å². The average molecular weight is 368 g/mol. The fourth-order valence-electron chi connectivity index (χ4n) is 4.06. The second-order valence-electron chi connectivity index (χ2n) is 7.25. The number of hydrogen-bond acceptors (Lipinski definition) is 5. The Kier molecular flexibility index (Phi) is 6.24. The van der Waals surface area contributed by atoms with Crippen molar-refractivity contribution < 1.29 is 14.3 Å². The standard InChI is InChI=1S/C22H28N2O3/c1-27-21(26)18-11-8-17(9-12-18)10-13-20(25)22(14-4-3-7-19(22)23)24-15-5-2-6-16-24/h3-4,7-9,11-12,14,19H,2,5-6,10,13,15-16,23H2,1H3. The molecule has 144 valence electrons. The smallest absolute Gasteiger partial charge is 0.337 e. The number of ketones is 1. The molecular weight excluding hydrogens is 340 g/mol. The van der Waals surface area contributed by atoms with E-state index in [0.717, 1.165) is 31.5 Å². The number of aryl methyl sites for hydroxylation is 1. The van der Waals surface area contributed by atoms with E-state index in [9.17, 15) is 9.59 Å². The second-order valence-corrected chi connectivity index (χ2v) is 7.25. The third kappa shape index (κ3) is 4.04. The molecule has 0 radical (unpaired) electrons. The number of rotatable bonds is 6. The Morgan fingerprint density at radius 3 is 2.48 bits per heavy atom. The molecule has 0 saturated carbocycles. The van der Waals surface area contributed by atoms with Gasteiger partial charge in [-0.25, -0.2) is 4.79 Å². The molecule has 0 spiro atoms. The van der Waals surface area contributed by atoms with E-state index in [1.165, 1.54) is 13.5 Å². The number of hydrogen-bond donors (Lipinski definition) is 1. The van der Waals surface area contributed by atoms with Gasteiger partial charge in [0.15, 0.2) is 5.78 Å². The van der Waals surface area contributed by atoms with Crippen molar-refractivity contribution in [1.82, 2.24) is 4.90 Å². The van der Waals surface area contributed by atoms with Crippen LogP contribution in [0.15, 0.2) is 48.6 Å². The Morgan fingerprint density at radius 1 is 1.15 bits per heavy atom. The van der Waals surface area contributed by atoms with Crippen molar-refractivity contribution in [1.29, 1.82) is 0 Å². The normalized spacial score (nSPS) is 25.3. The Hall–Kier alpha value is -2.24. The van der Waals surface area contributed by atoms with E-state index in [2.05, 4.69) is 4.90 Å². The van der Waals surface area contributed by atoms with Crippen molar-refractivity contribution in [2.75, 3.05) is 20.2 Å². The highest BCUT2D eigenvalue weighted by atomic mass is 16.5. The molecule has 5 nitrogen and oxygen atoms in total. The molecule has 1 aliphatic heterocycles. The van der Waals surface area contributed by atoms with Crippen molar-refractivity contribution in [3.8, 4) is 0 Å². The molecule has 0 amide bonds. The predicted octanol–water partition coefficient (Wildman–Crippen LogP) is 2.65. The summed E-state index contributed by atoms with van der Waals surface area (Å²) in [5, 5.41) is 0. The molecule has 2 N–H and O–H groups in total. The maximum Gasteiger partial charge on any atom is 0.337 e. The van der Waals surface area contributed by atoms with Crippen LogP contribution in [-0.2, 0) is 16.0 Å². The van der Waals surface area contributed by atoms with E-state index >= 15 is 0 Å². The number of ether oxygens (including phenoxy) is 1. The molecule has 3 rings (SSSR count). The molecule has 1 saturated heterocycles. The summed E-state index contributed by atoms with van der Waals surface area (Å²) < 4.78 is 4.72. The van der Waals surface area contributed by atoms with E-state index in [1.807, 2.05) is 36.4 Å². The fraction of sp³-hybridized carbons (Fsp3) is 0.455. The van der Waals surface area contributed by atoms with Crippen LogP contribution < -0.4 is 5.73 Å². The van der Waals surface area contributed by atoms with Gasteiger partial charge in [-0.1, -0.05) is 42.9 Å². The Morgan fingerprint density at radius 2 is 1.85 bits per heavy atom. The predicted molar refractivity (Wildman–Crippen MR) is 106 cm³/mol. The number of nitrogens with zero attached hydrogens (tertiary/aromatic N) is 1. The summed E-state index contributed by atoms with van der Waals surface area (Å²) in [5.74, 6) is -0.193. The number of likely N-dealkylation sites (tertiary alicyclic amines) is 1. The molecule has 1 heterocycles. The van der Waals surface area contributed by atoms with Crippen LogP contribution in [-0.4, -0.2) is 48.4 Å². The second kappa shape index (κ2) is 8.63. The summed E-state index contributed by atoms with van der Waals surface area (Å²) in [6, 6.07) is 6.91. The quantitative estimate of drug-likeness (QED) is 0.782. The summed E-state index contributed by atoms with van der Waals surface area (Å²) in [7, 11) is 1.37. The zero-order valence-corrected chi connectivity index (χ0v) is 15.9. The lowest BCUT2D eigenvalue weighted by Gasteiger charge is -2.46. The largest absolute Gasteiger partial charge is 0.465 e. The molecule has 2 atom stereocenters. The molecule has 0 bridgehead atoms. The van der Waals surface area contributed by atoms with Gasteiger partial charge in [0, 0.05) is 6.42 Å². The average Bonchev–Trinajstić information content (AvgIpc) is 2.73. The van der Waals surface area contributed by atoms with Crippen LogP contribution in [0.1, 0.15) is 41.6 Å². The maximum absolute atomic E-state index is 13.3. The molecule has 27 heavy (non-hydrogen) atoms. The molecule has 1 aromatic rings. The number of nitrogens with two attached hydrogens (primary N) is 1. The van der Waals surface area contributed by atoms with E-state index in [4.69, 9.17) is 10.5 Å². The third-order valence-electron chi connectivity index (χ3n) is 5.63. The van der Waals surface area contributed by atoms with Gasteiger partial charge in [-0.05, 0) is 50.0 Å². The van der Waals surface area contributed by atoms with Crippen molar-refractivity contribution in [3.63, 3.8) is 0 Å². The van der Waals surface area contributed by atoms with E-state index in [-0.39, 0.29) is 17.8 Å². The van der Waals surface area contributed by atoms with E-state index in [1.54, 1.807) is 12.1 Å². The number of allylic oxidation sites excluding steroid dienone is 2. The number of benzene rings is 1. The lowest BCUT2D eigenvalue weighted by molar-refractivity contribution is -0.129. The van der Waals surface area contributed by atoms with Crippen molar-refractivity contribution >= 4 is 11.8 Å². The molecule has 0 aromatic heterocycles. The lowest BCUT2D eigenvalue weighted by Crippen LogP contribution is -2.64. The SMILES string of the molecule is COC(=O)c1ccc(CCC(=O)C2(N3CCCCC3)C=CC=CC2N)cc1. The van der Waals surface area contributed by atoms with Crippen molar-refractivity contribution in [3.05, 3.63) is 59.7 Å². The van der Waals surface area contributed by atoms with Gasteiger partial charge in [0.2, 0.25) is 0 Å². The molecule has 2 aliphatic rings. The van der Waals surface area contributed by atoms with Gasteiger partial charge in [0.05, 0.1) is 18.7 Å². The summed E-state index contributed by atoms with van der Waals surface area (Å²) in [6.45, 7) is 1.82. The van der Waals surface area contributed by atoms with Crippen LogP contribution in [0.25, 0.3) is 0 Å². The number of methoxy groups -OCH3 is 1. The minimum Gasteiger partial charge on any atom is -0.465 e. The molecular formula is C22H28N2O3. The first-order valence-electron chi connectivity index (χ1n) is 9.65. The number of Topliss-reactive ketones (excluding diaryl/α,β-unsaturated/α-hetero) is 1. The van der Waals surface area contributed by atoms with E-state index < -0.39 is 5.54 Å². The summed E-state index contributed by atoms with van der Waals surface area (Å²) in [4.78, 5) is 27.2. The monoisotopic (exact) mass is 368 g/mol. The zero-order chi connectivity index (χ0) is 19.3. The van der Waals surface area contributed by atoms with Crippen LogP contribution in [0.2, 0.25) is 0 Å². The van der Waals surface area contributed by atoms with Crippen LogP contribution in [0.4, 0.5) is 0 Å². The first-order chi connectivity index (χ1) is 13.1. The van der Waals surface area contributed by atoms with Crippen LogP contribution >= 0.6 is 0 Å². The van der Waals surface area contributed by atoms with Gasteiger partial charge < -0.3 is 10.5 Å². The molecule has 1 fully saturated rings. The lowest BCUT2D eigenvalue weighted by atomic mass is 9.78. The van der Waals surface area contributed by atoms with Gasteiger partial charge in [0.25, 0.3) is 0 Å². The fourth-order valence-corrected chi connectivity index (χ4v) is 4.06. The van der Waals surface area contributed by atoms with Crippen LogP contribution in [0.5, 0.6) is 0 Å². The van der Waals surface area contributed by atoms with Gasteiger partial charge >= 0.3 is 5.97 Å². The highest BCUT2D eigenvalue weighted by Gasteiger charge is 2.46. The van der Waals surface area contributed by atoms with Crippen molar-refractivity contribution in [2.45, 2.75) is 43.7 Å². The molecule has 5 heteroatoms. The van der Waals surface area contributed by atoms with Gasteiger partial charge in [-0.3, -0.25) is 9.69 Å². The molecule has 1 aromatic carbocycles. The minimum absolute atomic E-state index is 0.162. The minimum atomic E-state index is -0.735. The Bertz CT molecular complexity index is 732. The number of piperidine rings is 1. The van der Waals surface area contributed by atoms with Gasteiger partial charge in [-0.2, -0.15) is 0 Å². The summed E-state index contributed by atoms with van der Waals surface area (Å²) in [6.07, 6.45) is 12.3. The van der Waals surface area contributed by atoms with Gasteiger partial charge in [-0.15, -0.1) is 0 Å². The first-order valence-corrected chi connectivity index (χ1v) is 9.65. The first kappa shape index (κ1) is 19.5.